The van der Waals surface area contributed by atoms with E-state index >= 15 is 0 Å². The average molecular weight is 424 g/mol. The maximum atomic E-state index is 12.7. The number of ether oxygens (including phenoxy) is 2. The number of carbonyl (C=O) groups excluding carboxylic acids is 2. The number of anilines is 2. The molecule has 2 aliphatic carbocycles. The lowest BCUT2D eigenvalue weighted by atomic mass is 9.85. The summed E-state index contributed by atoms with van der Waals surface area (Å²) in [7, 11) is 0. The molecule has 1 aromatic carbocycles. The van der Waals surface area contributed by atoms with Crippen LogP contribution >= 0.6 is 12.4 Å². The Kier molecular flexibility index (Phi) is 7.11. The highest BCUT2D eigenvalue weighted by Crippen LogP contribution is 2.38. The van der Waals surface area contributed by atoms with Gasteiger partial charge in [0.05, 0.1) is 11.4 Å². The van der Waals surface area contributed by atoms with Gasteiger partial charge in [-0.1, -0.05) is 12.8 Å². The van der Waals surface area contributed by atoms with E-state index in [1.165, 1.54) is 25.7 Å². The van der Waals surface area contributed by atoms with Crippen molar-refractivity contribution >= 4 is 35.6 Å². The van der Waals surface area contributed by atoms with Crippen molar-refractivity contribution in [1.82, 2.24) is 5.32 Å². The molecule has 160 valence electrons. The van der Waals surface area contributed by atoms with Crippen LogP contribution in [0.3, 0.4) is 0 Å². The molecule has 2 amide bonds. The second kappa shape index (κ2) is 9.57. The highest BCUT2D eigenvalue weighted by Gasteiger charge is 2.28. The summed E-state index contributed by atoms with van der Waals surface area (Å²) in [5.74, 6) is 1.85. The summed E-state index contributed by atoms with van der Waals surface area (Å²) in [6.45, 7) is 0.169. The van der Waals surface area contributed by atoms with Gasteiger partial charge in [-0.2, -0.15) is 0 Å². The number of hydrogen-bond acceptors (Lipinski definition) is 5. The van der Waals surface area contributed by atoms with E-state index < -0.39 is 0 Å². The smallest absolute Gasteiger partial charge is 0.231 e. The van der Waals surface area contributed by atoms with E-state index in [1.54, 1.807) is 12.1 Å². The Hall–Kier alpha value is -2.15. The van der Waals surface area contributed by atoms with Gasteiger partial charge < -0.3 is 25.8 Å². The number of amides is 2. The Morgan fingerprint density at radius 2 is 1.66 bits per heavy atom. The van der Waals surface area contributed by atoms with Crippen LogP contribution in [0.5, 0.6) is 11.5 Å². The van der Waals surface area contributed by atoms with Crippen molar-refractivity contribution in [1.29, 1.82) is 0 Å². The van der Waals surface area contributed by atoms with Crippen molar-refractivity contribution in [2.45, 2.75) is 63.8 Å². The summed E-state index contributed by atoms with van der Waals surface area (Å²) < 4.78 is 10.6. The molecule has 2 fully saturated rings. The summed E-state index contributed by atoms with van der Waals surface area (Å²) in [4.78, 5) is 24.9. The lowest BCUT2D eigenvalue weighted by Gasteiger charge is -2.29. The van der Waals surface area contributed by atoms with Gasteiger partial charge in [-0.05, 0) is 44.4 Å². The average Bonchev–Trinajstić information content (AvgIpc) is 3.34. The zero-order valence-electron chi connectivity index (χ0n) is 16.6. The van der Waals surface area contributed by atoms with E-state index in [0.717, 1.165) is 25.7 Å². The quantitative estimate of drug-likeness (QED) is 0.628. The summed E-state index contributed by atoms with van der Waals surface area (Å²) in [5.41, 5.74) is 7.04. The maximum absolute atomic E-state index is 12.7. The predicted octanol–water partition coefficient (Wildman–Crippen LogP) is 3.61. The lowest BCUT2D eigenvalue weighted by molar-refractivity contribution is -0.123. The normalized spacial score (nSPS) is 23.3. The van der Waals surface area contributed by atoms with Crippen molar-refractivity contribution in [2.24, 2.45) is 11.8 Å². The van der Waals surface area contributed by atoms with Gasteiger partial charge in [0.1, 0.15) is 0 Å². The van der Waals surface area contributed by atoms with Crippen LogP contribution in [0.25, 0.3) is 0 Å². The van der Waals surface area contributed by atoms with Crippen LogP contribution in [0, 0.1) is 11.8 Å². The number of nitrogens with one attached hydrogen (secondary N) is 2. The molecule has 1 aliphatic heterocycles. The molecule has 1 aromatic rings. The number of benzene rings is 1. The Bertz CT molecular complexity index is 744. The minimum absolute atomic E-state index is 0. The van der Waals surface area contributed by atoms with Crippen LogP contribution < -0.4 is 25.8 Å². The fourth-order valence-electron chi connectivity index (χ4n) is 4.56. The Morgan fingerprint density at radius 3 is 2.34 bits per heavy atom. The molecule has 8 heteroatoms. The molecule has 2 saturated carbocycles. The second-order valence-electron chi connectivity index (χ2n) is 8.25. The minimum atomic E-state index is -0.0622. The topological polar surface area (TPSA) is 103 Å². The number of nitrogen functional groups attached to an aromatic ring is 1. The highest BCUT2D eigenvalue weighted by atomic mass is 35.5. The summed E-state index contributed by atoms with van der Waals surface area (Å²) in [5, 5.41) is 6.10. The molecule has 0 atom stereocenters. The number of halogens is 1. The maximum Gasteiger partial charge on any atom is 0.231 e. The predicted molar refractivity (Wildman–Crippen MR) is 113 cm³/mol. The first-order valence-electron chi connectivity index (χ1n) is 10.4. The van der Waals surface area contributed by atoms with E-state index in [0.29, 0.717) is 35.2 Å². The van der Waals surface area contributed by atoms with E-state index in [1.807, 2.05) is 0 Å². The standard InChI is InChI=1S/C21H29N3O4.ClH/c22-16-10-18-19(28-12-27-18)11-17(16)24-21(26)14-5-7-15(8-6-14)23-20(25)9-13-3-1-2-4-13;/h10-11,13-15H,1-9,12,22H2,(H,23,25)(H,24,26);1H. The Labute approximate surface area is 177 Å². The molecule has 4 N–H and O–H groups in total. The first-order valence-corrected chi connectivity index (χ1v) is 10.4. The number of fused-ring (bicyclic) bond motifs is 1. The van der Waals surface area contributed by atoms with Gasteiger partial charge in [0.15, 0.2) is 11.5 Å². The van der Waals surface area contributed by atoms with Crippen molar-refractivity contribution in [3.8, 4) is 11.5 Å². The van der Waals surface area contributed by atoms with Crippen molar-refractivity contribution in [3.05, 3.63) is 12.1 Å². The van der Waals surface area contributed by atoms with E-state index in [4.69, 9.17) is 15.2 Å². The first-order chi connectivity index (χ1) is 13.6. The number of carbonyl (C=O) groups is 2. The van der Waals surface area contributed by atoms with Crippen molar-refractivity contribution < 1.29 is 19.1 Å². The van der Waals surface area contributed by atoms with Crippen LogP contribution in [0.4, 0.5) is 11.4 Å². The van der Waals surface area contributed by atoms with Gasteiger partial charge >= 0.3 is 0 Å². The summed E-state index contributed by atoms with van der Waals surface area (Å²) in [6, 6.07) is 3.58. The Balaban J connectivity index is 0.00000240. The molecule has 0 spiro atoms. The van der Waals surface area contributed by atoms with Crippen LogP contribution in [0.1, 0.15) is 57.8 Å². The van der Waals surface area contributed by atoms with Gasteiger partial charge in [-0.3, -0.25) is 9.59 Å². The summed E-state index contributed by atoms with van der Waals surface area (Å²) in [6.07, 6.45) is 8.75. The van der Waals surface area contributed by atoms with Crippen LogP contribution in [-0.2, 0) is 9.59 Å². The van der Waals surface area contributed by atoms with Crippen molar-refractivity contribution in [3.63, 3.8) is 0 Å². The molecule has 7 nitrogen and oxygen atoms in total. The van der Waals surface area contributed by atoms with Gasteiger partial charge in [0.25, 0.3) is 0 Å². The molecule has 3 aliphatic rings. The van der Waals surface area contributed by atoms with Gasteiger partial charge in [-0.25, -0.2) is 0 Å². The molecule has 0 saturated heterocycles. The number of hydrogen-bond donors (Lipinski definition) is 3. The van der Waals surface area contributed by atoms with Gasteiger partial charge in [0.2, 0.25) is 18.6 Å². The molecule has 0 radical (unpaired) electrons. The molecular formula is C21H30ClN3O4. The van der Waals surface area contributed by atoms with Gasteiger partial charge in [-0.15, -0.1) is 12.4 Å². The first kappa shape index (κ1) is 21.6. The largest absolute Gasteiger partial charge is 0.454 e. The van der Waals surface area contributed by atoms with Crippen LogP contribution in [0.15, 0.2) is 12.1 Å². The molecule has 1 heterocycles. The zero-order valence-corrected chi connectivity index (χ0v) is 17.4. The SMILES string of the molecule is Cl.Nc1cc2c(cc1NC(=O)C1CCC(NC(=O)CC3CCCC3)CC1)OCO2. The van der Waals surface area contributed by atoms with E-state index in [9.17, 15) is 9.59 Å². The molecule has 0 unspecified atom stereocenters. The third-order valence-electron chi connectivity index (χ3n) is 6.21. The minimum Gasteiger partial charge on any atom is -0.454 e. The fourth-order valence-corrected chi connectivity index (χ4v) is 4.56. The number of nitrogens with two attached hydrogens (primary N) is 1. The molecular weight excluding hydrogens is 394 g/mol. The fraction of sp³-hybridized carbons (Fsp3) is 0.619. The van der Waals surface area contributed by atoms with Crippen LogP contribution in [-0.4, -0.2) is 24.6 Å². The zero-order chi connectivity index (χ0) is 19.5. The lowest BCUT2D eigenvalue weighted by Crippen LogP contribution is -2.40. The molecule has 29 heavy (non-hydrogen) atoms. The summed E-state index contributed by atoms with van der Waals surface area (Å²) >= 11 is 0. The van der Waals surface area contributed by atoms with E-state index in [-0.39, 0.29) is 43.0 Å². The highest BCUT2D eigenvalue weighted by molar-refractivity contribution is 5.96. The van der Waals surface area contributed by atoms with Crippen molar-refractivity contribution in [2.75, 3.05) is 17.8 Å². The molecule has 4 rings (SSSR count). The number of rotatable bonds is 5. The van der Waals surface area contributed by atoms with E-state index in [2.05, 4.69) is 10.6 Å². The molecule has 0 bridgehead atoms. The second-order valence-corrected chi connectivity index (χ2v) is 8.25. The third-order valence-corrected chi connectivity index (χ3v) is 6.21. The monoisotopic (exact) mass is 423 g/mol. The molecule has 0 aromatic heterocycles. The Morgan fingerprint density at radius 1 is 1.00 bits per heavy atom. The van der Waals surface area contributed by atoms with Crippen LogP contribution in [0.2, 0.25) is 0 Å². The third kappa shape index (κ3) is 5.26. The van der Waals surface area contributed by atoms with Gasteiger partial charge in [0, 0.05) is 30.5 Å².